The second kappa shape index (κ2) is 6.58. The molecule has 1 rings (SSSR count). The van der Waals surface area contributed by atoms with Crippen molar-refractivity contribution in [2.24, 2.45) is 0 Å². The summed E-state index contributed by atoms with van der Waals surface area (Å²) in [6.45, 7) is 14.2. The van der Waals surface area contributed by atoms with Crippen LogP contribution < -0.4 is 0 Å². The Morgan fingerprint density at radius 2 is 1.41 bits per heavy atom. The molecule has 0 aromatic carbocycles. The molecule has 1 aliphatic carbocycles. The van der Waals surface area contributed by atoms with Crippen LogP contribution >= 0.6 is 0 Å². The Labute approximate surface area is 110 Å². The summed E-state index contributed by atoms with van der Waals surface area (Å²) in [5.41, 5.74) is 7.42. The molecule has 0 nitrogen and oxygen atoms in total. The number of unbranched alkanes of at least 4 members (excludes halogenated alkanes) is 3. The molecular formula is C16H30Si. The lowest BCUT2D eigenvalue weighted by atomic mass is 10.1. The van der Waals surface area contributed by atoms with Crippen molar-refractivity contribution in [3.05, 3.63) is 22.3 Å². The number of hydrogen-bond donors (Lipinski definition) is 0. The van der Waals surface area contributed by atoms with E-state index in [1.165, 1.54) is 31.7 Å². The van der Waals surface area contributed by atoms with Crippen molar-refractivity contribution in [3.63, 3.8) is 0 Å². The van der Waals surface area contributed by atoms with Gasteiger partial charge in [0, 0.05) is 8.80 Å². The van der Waals surface area contributed by atoms with Gasteiger partial charge in [0.15, 0.2) is 0 Å². The van der Waals surface area contributed by atoms with Crippen LogP contribution in [0.15, 0.2) is 22.3 Å². The molecule has 0 spiro atoms. The molecule has 0 saturated carbocycles. The maximum atomic E-state index is 2.58. The van der Waals surface area contributed by atoms with Gasteiger partial charge in [0.05, 0.1) is 0 Å². The van der Waals surface area contributed by atoms with Gasteiger partial charge in [-0.1, -0.05) is 56.3 Å². The van der Waals surface area contributed by atoms with Crippen molar-refractivity contribution in [1.29, 1.82) is 0 Å². The van der Waals surface area contributed by atoms with Crippen LogP contribution in [0.2, 0.25) is 18.1 Å². The maximum Gasteiger partial charge on any atom is 0.0465 e. The molecule has 0 bridgehead atoms. The number of allylic oxidation sites excluding steroid dienone is 4. The fourth-order valence-corrected chi connectivity index (χ4v) is 6.77. The van der Waals surface area contributed by atoms with E-state index >= 15 is 0 Å². The third-order valence-corrected chi connectivity index (χ3v) is 8.22. The monoisotopic (exact) mass is 250 g/mol. The summed E-state index contributed by atoms with van der Waals surface area (Å²) < 4.78 is 0. The van der Waals surface area contributed by atoms with E-state index in [0.717, 1.165) is 5.54 Å². The van der Waals surface area contributed by atoms with Crippen LogP contribution in [0, 0.1) is 0 Å². The second-order valence-electron chi connectivity index (χ2n) is 5.92. The van der Waals surface area contributed by atoms with Gasteiger partial charge in [-0.2, -0.15) is 0 Å². The maximum absolute atomic E-state index is 2.58. The molecule has 1 aliphatic rings. The zero-order valence-corrected chi connectivity index (χ0v) is 13.8. The van der Waals surface area contributed by atoms with Crippen molar-refractivity contribution in [2.75, 3.05) is 0 Å². The molecule has 0 aromatic rings. The molecule has 0 aromatic heterocycles. The van der Waals surface area contributed by atoms with E-state index in [4.69, 9.17) is 0 Å². The van der Waals surface area contributed by atoms with Crippen molar-refractivity contribution in [2.45, 2.75) is 78.4 Å². The van der Waals surface area contributed by atoms with E-state index in [0.29, 0.717) is 0 Å². The second-order valence-corrected chi connectivity index (χ2v) is 9.12. The highest BCUT2D eigenvalue weighted by Gasteiger charge is 2.29. The van der Waals surface area contributed by atoms with E-state index in [1.54, 1.807) is 22.3 Å². The summed E-state index contributed by atoms with van der Waals surface area (Å²) in [6.07, 6.45) is 5.70. The fraction of sp³-hybridized carbons (Fsp3) is 0.750. The lowest BCUT2D eigenvalue weighted by Gasteiger charge is -2.22. The minimum absolute atomic E-state index is 0.606. The van der Waals surface area contributed by atoms with Crippen LogP contribution in [0.4, 0.5) is 0 Å². The molecule has 0 saturated heterocycles. The molecule has 1 heteroatoms. The normalized spacial score (nSPS) is 19.4. The molecule has 1 unspecified atom stereocenters. The molecule has 1 atom stereocenters. The quantitative estimate of drug-likeness (QED) is 0.432. The predicted molar refractivity (Wildman–Crippen MR) is 82.5 cm³/mol. The average Bonchev–Trinajstić information content (AvgIpc) is 2.49. The van der Waals surface area contributed by atoms with Crippen LogP contribution in [0.25, 0.3) is 0 Å². The van der Waals surface area contributed by atoms with Gasteiger partial charge in [-0.3, -0.25) is 0 Å². The Morgan fingerprint density at radius 3 is 1.88 bits per heavy atom. The average molecular weight is 251 g/mol. The van der Waals surface area contributed by atoms with Crippen molar-refractivity contribution in [1.82, 2.24) is 0 Å². The van der Waals surface area contributed by atoms with E-state index in [2.05, 4.69) is 41.2 Å². The highest BCUT2D eigenvalue weighted by molar-refractivity contribution is 6.60. The van der Waals surface area contributed by atoms with E-state index in [9.17, 15) is 0 Å². The third kappa shape index (κ3) is 3.34. The van der Waals surface area contributed by atoms with Gasteiger partial charge in [0.2, 0.25) is 0 Å². The van der Waals surface area contributed by atoms with Crippen LogP contribution in [0.5, 0.6) is 0 Å². The lowest BCUT2D eigenvalue weighted by Crippen LogP contribution is -2.17. The zero-order chi connectivity index (χ0) is 13.0. The standard InChI is InChI=1S/C16H30Si/c1-7-8-9-10-11-17(6)16-14(4)12(2)13(3)15(16)5/h16-17H,7-11H2,1-6H3. The summed E-state index contributed by atoms with van der Waals surface area (Å²) >= 11 is 0. The van der Waals surface area contributed by atoms with Gasteiger partial charge in [0.25, 0.3) is 0 Å². The smallest absolute Gasteiger partial charge is 0.0465 e. The summed E-state index contributed by atoms with van der Waals surface area (Å²) in [4.78, 5) is 0. The molecule has 0 N–H and O–H groups in total. The first-order valence-electron chi connectivity index (χ1n) is 7.35. The Bertz CT molecular complexity index is 298. The summed E-state index contributed by atoms with van der Waals surface area (Å²) in [5.74, 6) is 0. The molecule has 98 valence electrons. The van der Waals surface area contributed by atoms with Gasteiger partial charge in [-0.25, -0.2) is 0 Å². The highest BCUT2D eigenvalue weighted by atomic mass is 28.3. The first-order chi connectivity index (χ1) is 8.00. The summed E-state index contributed by atoms with van der Waals surface area (Å²) in [6, 6.07) is 1.53. The first kappa shape index (κ1) is 14.8. The van der Waals surface area contributed by atoms with Crippen LogP contribution in [-0.2, 0) is 0 Å². The van der Waals surface area contributed by atoms with E-state index in [-0.39, 0.29) is 0 Å². The van der Waals surface area contributed by atoms with Gasteiger partial charge in [-0.15, -0.1) is 0 Å². The van der Waals surface area contributed by atoms with Gasteiger partial charge in [0.1, 0.15) is 0 Å². The van der Waals surface area contributed by atoms with E-state index < -0.39 is 8.80 Å². The Balaban J connectivity index is 2.56. The third-order valence-electron chi connectivity index (χ3n) is 4.76. The SMILES string of the molecule is CCCCCC[SiH](C)C1C(C)=C(C)C(C)=C1C. The molecule has 0 fully saturated rings. The fourth-order valence-electron chi connectivity index (χ4n) is 3.30. The topological polar surface area (TPSA) is 0 Å². The Hall–Kier alpha value is -0.303. The first-order valence-corrected chi connectivity index (χ1v) is 9.99. The molecular weight excluding hydrogens is 220 g/mol. The van der Waals surface area contributed by atoms with Gasteiger partial charge >= 0.3 is 0 Å². The summed E-state index contributed by atoms with van der Waals surface area (Å²) in [5, 5.41) is 0. The number of hydrogen-bond acceptors (Lipinski definition) is 0. The van der Waals surface area contributed by atoms with E-state index in [1.807, 2.05) is 0 Å². The van der Waals surface area contributed by atoms with Crippen molar-refractivity contribution >= 4 is 8.80 Å². The summed E-state index contributed by atoms with van der Waals surface area (Å²) in [7, 11) is -0.606. The molecule has 0 heterocycles. The van der Waals surface area contributed by atoms with Crippen LogP contribution in [0.1, 0.15) is 60.3 Å². The van der Waals surface area contributed by atoms with Crippen molar-refractivity contribution < 1.29 is 0 Å². The predicted octanol–water partition coefficient (Wildman–Crippen LogP) is 5.48. The molecule has 17 heavy (non-hydrogen) atoms. The Morgan fingerprint density at radius 1 is 0.882 bits per heavy atom. The minimum Gasteiger partial charge on any atom is -0.0712 e. The largest absolute Gasteiger partial charge is 0.0712 e. The van der Waals surface area contributed by atoms with Crippen LogP contribution in [-0.4, -0.2) is 8.80 Å². The van der Waals surface area contributed by atoms with Crippen LogP contribution in [0.3, 0.4) is 0 Å². The van der Waals surface area contributed by atoms with Gasteiger partial charge < -0.3 is 0 Å². The minimum atomic E-state index is -0.606. The zero-order valence-electron chi connectivity index (χ0n) is 12.7. The van der Waals surface area contributed by atoms with Gasteiger partial charge in [-0.05, 0) is 44.4 Å². The Kier molecular flexibility index (Phi) is 5.71. The molecule has 0 radical (unpaired) electrons. The molecule has 0 amide bonds. The van der Waals surface area contributed by atoms with Crippen molar-refractivity contribution in [3.8, 4) is 0 Å². The lowest BCUT2D eigenvalue weighted by molar-refractivity contribution is 0.697. The highest BCUT2D eigenvalue weighted by Crippen LogP contribution is 2.43. The molecule has 0 aliphatic heterocycles. The number of rotatable bonds is 6.